The van der Waals surface area contributed by atoms with Crippen LogP contribution in [0.25, 0.3) is 10.9 Å². The maximum Gasteiger partial charge on any atom is 0.283 e. The second-order valence-corrected chi connectivity index (χ2v) is 7.66. The molecule has 0 aliphatic rings. The summed E-state index contributed by atoms with van der Waals surface area (Å²) in [6.45, 7) is 1.90. The third-order valence-corrected chi connectivity index (χ3v) is 5.94. The van der Waals surface area contributed by atoms with Crippen LogP contribution in [0.1, 0.15) is 5.56 Å². The van der Waals surface area contributed by atoms with E-state index in [4.69, 9.17) is 11.6 Å². The Bertz CT molecular complexity index is 934. The molecule has 0 saturated carbocycles. The molecular formula is C14H10BrClN2O2S. The van der Waals surface area contributed by atoms with Crippen molar-refractivity contribution >= 4 is 48.5 Å². The molecule has 108 valence electrons. The van der Waals surface area contributed by atoms with Crippen molar-refractivity contribution in [2.75, 3.05) is 0 Å². The quantitative estimate of drug-likeness (QED) is 0.670. The normalized spacial score (nSPS) is 12.0. The largest absolute Gasteiger partial charge is 0.283 e. The molecule has 1 aromatic heterocycles. The predicted molar refractivity (Wildman–Crippen MR) is 86.2 cm³/mol. The van der Waals surface area contributed by atoms with E-state index in [0.29, 0.717) is 20.4 Å². The van der Waals surface area contributed by atoms with Crippen LogP contribution in [0.5, 0.6) is 0 Å². The summed E-state index contributed by atoms with van der Waals surface area (Å²) >= 11 is 9.31. The van der Waals surface area contributed by atoms with Gasteiger partial charge < -0.3 is 0 Å². The Hall–Kier alpha value is -1.37. The van der Waals surface area contributed by atoms with Gasteiger partial charge in [0.05, 0.1) is 21.6 Å². The van der Waals surface area contributed by atoms with Crippen molar-refractivity contribution in [3.63, 3.8) is 0 Å². The first kappa shape index (κ1) is 14.6. The first-order valence-corrected chi connectivity index (χ1v) is 8.66. The highest BCUT2D eigenvalue weighted by atomic mass is 79.9. The lowest BCUT2D eigenvalue weighted by molar-refractivity contribution is 0.582. The van der Waals surface area contributed by atoms with E-state index in [1.54, 1.807) is 36.4 Å². The van der Waals surface area contributed by atoms with Crippen molar-refractivity contribution in [1.29, 1.82) is 0 Å². The number of rotatable bonds is 2. The van der Waals surface area contributed by atoms with Gasteiger partial charge in [-0.25, -0.2) is 0 Å². The number of aromatic nitrogens is 2. The van der Waals surface area contributed by atoms with E-state index in [0.717, 1.165) is 9.65 Å². The molecule has 0 N–H and O–H groups in total. The standard InChI is InChI=1S/C14H10BrClN2O2S/c1-9-2-4-11(5-3-9)21(19,20)18-14-7-12(15)13(16)6-10(14)8-17-18/h2-8H,1H3. The van der Waals surface area contributed by atoms with Gasteiger partial charge in [0.15, 0.2) is 0 Å². The van der Waals surface area contributed by atoms with Gasteiger partial charge in [0.1, 0.15) is 0 Å². The Morgan fingerprint density at radius 1 is 1.19 bits per heavy atom. The number of hydrogen-bond acceptors (Lipinski definition) is 3. The van der Waals surface area contributed by atoms with E-state index in [1.807, 2.05) is 6.92 Å². The first-order chi connectivity index (χ1) is 9.89. The minimum atomic E-state index is -3.73. The van der Waals surface area contributed by atoms with Crippen LogP contribution in [0.4, 0.5) is 0 Å². The Morgan fingerprint density at radius 3 is 2.52 bits per heavy atom. The Kier molecular flexibility index (Phi) is 3.55. The molecule has 0 aliphatic carbocycles. The summed E-state index contributed by atoms with van der Waals surface area (Å²) in [6.07, 6.45) is 1.49. The van der Waals surface area contributed by atoms with Gasteiger partial charge in [-0.3, -0.25) is 0 Å². The second-order valence-electron chi connectivity index (χ2n) is 4.63. The highest BCUT2D eigenvalue weighted by Crippen LogP contribution is 2.29. The van der Waals surface area contributed by atoms with Gasteiger partial charge in [-0.05, 0) is 47.1 Å². The fourth-order valence-corrected chi connectivity index (χ4v) is 3.77. The van der Waals surface area contributed by atoms with Crippen LogP contribution in [-0.2, 0) is 10.0 Å². The molecule has 1 heterocycles. The predicted octanol–water partition coefficient (Wildman–Crippen LogP) is 4.00. The number of aryl methyl sites for hydroxylation is 1. The van der Waals surface area contributed by atoms with Crippen molar-refractivity contribution in [1.82, 2.24) is 9.19 Å². The molecule has 3 aromatic rings. The molecule has 0 saturated heterocycles. The molecule has 0 spiro atoms. The van der Waals surface area contributed by atoms with Crippen molar-refractivity contribution in [3.05, 3.63) is 57.7 Å². The molecule has 7 heteroatoms. The van der Waals surface area contributed by atoms with E-state index in [2.05, 4.69) is 21.0 Å². The van der Waals surface area contributed by atoms with Gasteiger partial charge in [-0.2, -0.15) is 17.6 Å². The van der Waals surface area contributed by atoms with E-state index in [1.165, 1.54) is 6.20 Å². The third kappa shape index (κ3) is 2.47. The topological polar surface area (TPSA) is 52.0 Å². The minimum Gasteiger partial charge on any atom is -0.199 e. The van der Waals surface area contributed by atoms with Crippen LogP contribution in [0.2, 0.25) is 5.02 Å². The van der Waals surface area contributed by atoms with Gasteiger partial charge in [-0.15, -0.1) is 0 Å². The summed E-state index contributed by atoms with van der Waals surface area (Å²) in [5.41, 5.74) is 1.47. The van der Waals surface area contributed by atoms with Gasteiger partial charge in [0.2, 0.25) is 0 Å². The zero-order valence-corrected chi connectivity index (χ0v) is 14.1. The summed E-state index contributed by atoms with van der Waals surface area (Å²) in [7, 11) is -3.73. The van der Waals surface area contributed by atoms with Gasteiger partial charge in [0.25, 0.3) is 10.0 Å². The van der Waals surface area contributed by atoms with Crippen molar-refractivity contribution in [2.24, 2.45) is 0 Å². The molecule has 0 radical (unpaired) electrons. The van der Waals surface area contributed by atoms with Crippen LogP contribution in [0, 0.1) is 6.92 Å². The highest BCUT2D eigenvalue weighted by molar-refractivity contribution is 9.10. The Morgan fingerprint density at radius 2 is 1.86 bits per heavy atom. The molecule has 0 amide bonds. The number of fused-ring (bicyclic) bond motifs is 1. The summed E-state index contributed by atoms with van der Waals surface area (Å²) in [5, 5.41) is 5.17. The molecule has 3 rings (SSSR count). The molecule has 21 heavy (non-hydrogen) atoms. The average molecular weight is 386 g/mol. The van der Waals surface area contributed by atoms with Crippen LogP contribution in [-0.4, -0.2) is 17.6 Å². The van der Waals surface area contributed by atoms with Crippen LogP contribution in [0.3, 0.4) is 0 Å². The lowest BCUT2D eigenvalue weighted by atomic mass is 10.2. The third-order valence-electron chi connectivity index (χ3n) is 3.12. The Balaban J connectivity index is 2.24. The van der Waals surface area contributed by atoms with E-state index >= 15 is 0 Å². The van der Waals surface area contributed by atoms with E-state index in [9.17, 15) is 8.42 Å². The lowest BCUT2D eigenvalue weighted by Crippen LogP contribution is -2.14. The maximum atomic E-state index is 12.7. The zero-order chi connectivity index (χ0) is 15.2. The lowest BCUT2D eigenvalue weighted by Gasteiger charge is -2.07. The zero-order valence-electron chi connectivity index (χ0n) is 10.9. The molecular weight excluding hydrogens is 376 g/mol. The first-order valence-electron chi connectivity index (χ1n) is 6.04. The second kappa shape index (κ2) is 5.12. The molecule has 0 unspecified atom stereocenters. The summed E-state index contributed by atoms with van der Waals surface area (Å²) < 4.78 is 27.0. The van der Waals surface area contributed by atoms with Crippen LogP contribution >= 0.6 is 27.5 Å². The molecule has 0 bridgehead atoms. The number of nitrogens with zero attached hydrogens (tertiary/aromatic N) is 2. The van der Waals surface area contributed by atoms with Crippen LogP contribution in [0.15, 0.2) is 52.0 Å². The van der Waals surface area contributed by atoms with Crippen LogP contribution < -0.4 is 0 Å². The van der Waals surface area contributed by atoms with Crippen molar-refractivity contribution < 1.29 is 8.42 Å². The number of halogens is 2. The molecule has 0 aliphatic heterocycles. The highest BCUT2D eigenvalue weighted by Gasteiger charge is 2.20. The fourth-order valence-electron chi connectivity index (χ4n) is 2.00. The maximum absolute atomic E-state index is 12.7. The number of hydrogen-bond donors (Lipinski definition) is 0. The molecule has 0 atom stereocenters. The molecule has 4 nitrogen and oxygen atoms in total. The van der Waals surface area contributed by atoms with Gasteiger partial charge in [-0.1, -0.05) is 29.3 Å². The van der Waals surface area contributed by atoms with Gasteiger partial charge in [0, 0.05) is 9.86 Å². The summed E-state index contributed by atoms with van der Waals surface area (Å²) in [6, 6.07) is 9.98. The Labute approximate surface area is 135 Å². The SMILES string of the molecule is Cc1ccc(S(=O)(=O)n2ncc3cc(Cl)c(Br)cc32)cc1. The van der Waals surface area contributed by atoms with Crippen molar-refractivity contribution in [3.8, 4) is 0 Å². The minimum absolute atomic E-state index is 0.198. The monoisotopic (exact) mass is 384 g/mol. The smallest absolute Gasteiger partial charge is 0.199 e. The fraction of sp³-hybridized carbons (Fsp3) is 0.0714. The van der Waals surface area contributed by atoms with E-state index in [-0.39, 0.29) is 4.90 Å². The molecule has 2 aromatic carbocycles. The van der Waals surface area contributed by atoms with E-state index < -0.39 is 10.0 Å². The molecule has 0 fully saturated rings. The number of benzene rings is 2. The van der Waals surface area contributed by atoms with Gasteiger partial charge >= 0.3 is 0 Å². The summed E-state index contributed by atoms with van der Waals surface area (Å²) in [4.78, 5) is 0.198. The summed E-state index contributed by atoms with van der Waals surface area (Å²) in [5.74, 6) is 0. The van der Waals surface area contributed by atoms with Crippen molar-refractivity contribution in [2.45, 2.75) is 11.8 Å². The average Bonchev–Trinajstić information content (AvgIpc) is 2.83.